The fourth-order valence-corrected chi connectivity index (χ4v) is 6.19. The van der Waals surface area contributed by atoms with E-state index in [1.807, 2.05) is 24.3 Å². The van der Waals surface area contributed by atoms with Crippen molar-refractivity contribution < 1.29 is 22.8 Å². The summed E-state index contributed by atoms with van der Waals surface area (Å²) in [6, 6.07) is 7.17. The number of nitrogens with two attached hydrogens (primary N) is 1. The number of H-pyrrole nitrogens is 2. The second-order valence-corrected chi connectivity index (χ2v) is 13.7. The van der Waals surface area contributed by atoms with E-state index in [1.54, 1.807) is 18.9 Å². The first-order valence-electron chi connectivity index (χ1n) is 15.1. The standard InChI is InChI=1S/C15H25NO3S.C8H15N3O2.C7H6N2O/c1-3-4-5-6-7-8-12-11-13(12)14(17)16-20(18,19)15(2)9-10-15;1-10-8(13)6-3-2-4-11(6)7(12)5-9;10-7-8-5-3-1-2-4-6(5)9-7/h7-8,12-13H,3-6,9-11H2,1-2H3,(H,16,17);6H,2-5,9H2,1H3,(H,10,13);1-4H,(H2,8,9,10)/b8-7-;;/t12?,13-;6-;/m00./s1. The molecule has 1 unspecified atom stereocenters. The van der Waals surface area contributed by atoms with E-state index in [4.69, 9.17) is 5.73 Å². The summed E-state index contributed by atoms with van der Waals surface area (Å²) in [4.78, 5) is 52.0. The molecule has 43 heavy (non-hydrogen) atoms. The minimum atomic E-state index is -3.47. The summed E-state index contributed by atoms with van der Waals surface area (Å²) in [6.45, 7) is 4.49. The van der Waals surface area contributed by atoms with Crippen molar-refractivity contribution in [3.05, 3.63) is 46.9 Å². The predicted octanol–water partition coefficient (Wildman–Crippen LogP) is 2.30. The Morgan fingerprint density at radius 3 is 2.33 bits per heavy atom. The number of para-hydroxylation sites is 2. The zero-order valence-corrected chi connectivity index (χ0v) is 26.2. The molecule has 2 heterocycles. The van der Waals surface area contributed by atoms with Crippen molar-refractivity contribution in [3.63, 3.8) is 0 Å². The number of amides is 3. The van der Waals surface area contributed by atoms with Crippen LogP contribution in [0.1, 0.15) is 71.6 Å². The summed E-state index contributed by atoms with van der Waals surface area (Å²) in [6.07, 6.45) is 12.6. The van der Waals surface area contributed by atoms with Crippen LogP contribution < -0.4 is 21.5 Å². The third-order valence-electron chi connectivity index (χ3n) is 8.09. The first kappa shape index (κ1) is 34.0. The average molecular weight is 619 g/mol. The van der Waals surface area contributed by atoms with Gasteiger partial charge in [0, 0.05) is 19.5 Å². The number of unbranched alkanes of at least 4 members (excludes halogenated alkanes) is 3. The van der Waals surface area contributed by atoms with Gasteiger partial charge in [0.1, 0.15) is 6.04 Å². The van der Waals surface area contributed by atoms with Crippen LogP contribution >= 0.6 is 0 Å². The molecule has 3 aliphatic rings. The summed E-state index contributed by atoms with van der Waals surface area (Å²) >= 11 is 0. The van der Waals surface area contributed by atoms with Gasteiger partial charge in [0.05, 0.1) is 22.3 Å². The highest BCUT2D eigenvalue weighted by Gasteiger charge is 2.52. The van der Waals surface area contributed by atoms with Crippen LogP contribution in [0.4, 0.5) is 0 Å². The van der Waals surface area contributed by atoms with Crippen molar-refractivity contribution >= 4 is 38.8 Å². The number of aromatic nitrogens is 2. The Morgan fingerprint density at radius 2 is 1.77 bits per heavy atom. The van der Waals surface area contributed by atoms with E-state index in [0.29, 0.717) is 19.4 Å². The summed E-state index contributed by atoms with van der Waals surface area (Å²) < 4.78 is 25.4. The van der Waals surface area contributed by atoms with Crippen molar-refractivity contribution in [2.75, 3.05) is 20.1 Å². The molecule has 0 radical (unpaired) electrons. The van der Waals surface area contributed by atoms with Gasteiger partial charge in [0.15, 0.2) is 0 Å². The number of nitrogens with one attached hydrogen (secondary N) is 4. The Morgan fingerprint density at radius 1 is 1.12 bits per heavy atom. The normalized spacial score (nSPS) is 21.8. The van der Waals surface area contributed by atoms with Crippen LogP contribution in [0.15, 0.2) is 41.2 Å². The van der Waals surface area contributed by atoms with Crippen molar-refractivity contribution in [1.29, 1.82) is 0 Å². The van der Waals surface area contributed by atoms with Crippen LogP contribution in [0.2, 0.25) is 0 Å². The number of imidazole rings is 1. The predicted molar refractivity (Wildman–Crippen MR) is 166 cm³/mol. The molecule has 2 aromatic rings. The first-order chi connectivity index (χ1) is 20.5. The fraction of sp³-hybridized carbons (Fsp3) is 0.600. The fourth-order valence-electron chi connectivity index (χ4n) is 4.89. The number of rotatable bonds is 10. The van der Waals surface area contributed by atoms with E-state index in [1.165, 1.54) is 19.3 Å². The van der Waals surface area contributed by atoms with E-state index in [2.05, 4.69) is 39.1 Å². The number of benzene rings is 1. The van der Waals surface area contributed by atoms with Gasteiger partial charge < -0.3 is 25.9 Å². The van der Waals surface area contributed by atoms with Crippen LogP contribution in [0.25, 0.3) is 11.0 Å². The first-order valence-corrected chi connectivity index (χ1v) is 16.6. The molecule has 13 heteroatoms. The minimum absolute atomic E-state index is 0.0203. The van der Waals surface area contributed by atoms with Crippen LogP contribution in [0.3, 0.4) is 0 Å². The number of carbonyl (C=O) groups excluding carboxylic acids is 3. The molecule has 1 saturated heterocycles. The molecule has 3 fully saturated rings. The number of allylic oxidation sites excluding steroid dienone is 2. The number of likely N-dealkylation sites (N-methyl/N-ethyl adjacent to an activating group) is 1. The molecule has 1 aliphatic heterocycles. The number of likely N-dealkylation sites (tertiary alicyclic amines) is 1. The lowest BCUT2D eigenvalue weighted by Crippen LogP contribution is -2.46. The van der Waals surface area contributed by atoms with Gasteiger partial charge in [-0.3, -0.25) is 19.1 Å². The van der Waals surface area contributed by atoms with E-state index >= 15 is 0 Å². The highest BCUT2D eigenvalue weighted by Crippen LogP contribution is 2.44. The Labute approximate surface area is 253 Å². The molecule has 238 valence electrons. The molecule has 2 saturated carbocycles. The van der Waals surface area contributed by atoms with Gasteiger partial charge in [-0.15, -0.1) is 0 Å². The third kappa shape index (κ3) is 9.52. The van der Waals surface area contributed by atoms with E-state index in [9.17, 15) is 27.6 Å². The monoisotopic (exact) mass is 618 g/mol. The van der Waals surface area contributed by atoms with Gasteiger partial charge in [0.2, 0.25) is 27.7 Å². The van der Waals surface area contributed by atoms with Crippen LogP contribution in [0.5, 0.6) is 0 Å². The maximum absolute atomic E-state index is 11.9. The average Bonchev–Trinajstić information content (AvgIpc) is 3.84. The lowest BCUT2D eigenvalue weighted by Gasteiger charge is -2.22. The molecule has 12 nitrogen and oxygen atoms in total. The van der Waals surface area contributed by atoms with Gasteiger partial charge in [0.25, 0.3) is 0 Å². The quantitative estimate of drug-likeness (QED) is 0.200. The Kier molecular flexibility index (Phi) is 12.1. The van der Waals surface area contributed by atoms with Crippen LogP contribution in [0, 0.1) is 11.8 Å². The second-order valence-electron chi connectivity index (χ2n) is 11.5. The molecule has 1 aromatic heterocycles. The summed E-state index contributed by atoms with van der Waals surface area (Å²) in [7, 11) is -1.90. The number of fused-ring (bicyclic) bond motifs is 1. The minimum Gasteiger partial charge on any atom is -0.357 e. The zero-order valence-electron chi connectivity index (χ0n) is 25.4. The number of hydrogen-bond donors (Lipinski definition) is 5. The van der Waals surface area contributed by atoms with E-state index in [-0.39, 0.29) is 47.8 Å². The van der Waals surface area contributed by atoms with Crippen molar-refractivity contribution in [2.24, 2.45) is 17.6 Å². The maximum Gasteiger partial charge on any atom is 0.323 e. The largest absolute Gasteiger partial charge is 0.357 e. The number of aromatic amines is 2. The number of nitrogens with zero attached hydrogens (tertiary/aromatic N) is 1. The number of carbonyl (C=O) groups is 3. The maximum atomic E-state index is 11.9. The highest BCUT2D eigenvalue weighted by molar-refractivity contribution is 7.91. The van der Waals surface area contributed by atoms with Crippen molar-refractivity contribution in [1.82, 2.24) is 24.9 Å². The van der Waals surface area contributed by atoms with E-state index < -0.39 is 14.8 Å². The summed E-state index contributed by atoms with van der Waals surface area (Å²) in [5.74, 6) is -0.472. The number of sulfonamides is 1. The molecule has 6 N–H and O–H groups in total. The van der Waals surface area contributed by atoms with Crippen LogP contribution in [-0.4, -0.2) is 71.9 Å². The zero-order chi connectivity index (χ0) is 31.6. The Bertz CT molecular complexity index is 1390. The van der Waals surface area contributed by atoms with Crippen LogP contribution in [-0.2, 0) is 24.4 Å². The summed E-state index contributed by atoms with van der Waals surface area (Å²) in [5.41, 5.74) is 6.79. The van der Waals surface area contributed by atoms with Gasteiger partial charge >= 0.3 is 5.69 Å². The van der Waals surface area contributed by atoms with Gasteiger partial charge in [-0.25, -0.2) is 13.2 Å². The van der Waals surface area contributed by atoms with Crippen molar-refractivity contribution in [2.45, 2.75) is 82.4 Å². The van der Waals surface area contributed by atoms with Gasteiger partial charge in [-0.2, -0.15) is 0 Å². The Hall–Kier alpha value is -3.45. The molecule has 3 atom stereocenters. The van der Waals surface area contributed by atoms with E-state index in [0.717, 1.165) is 36.7 Å². The third-order valence-corrected chi connectivity index (χ3v) is 10.3. The topological polar surface area (TPSA) is 187 Å². The smallest absolute Gasteiger partial charge is 0.323 e. The SMILES string of the molecule is CCCCC/C=C\C1C[C@@H]1C(=O)NS(=O)(=O)C1(C)CC1.CNC(=O)[C@@H]1CCCN1C(=O)CN.O=c1[nH]c2ccccc2[nH]1. The molecule has 1 aromatic carbocycles. The number of hydrogen-bond acceptors (Lipinski definition) is 7. The molecule has 0 bridgehead atoms. The Balaban J connectivity index is 0.000000189. The lowest BCUT2D eigenvalue weighted by molar-refractivity contribution is -0.137. The summed E-state index contributed by atoms with van der Waals surface area (Å²) in [5, 5.41) is 2.54. The molecule has 5 rings (SSSR count). The highest BCUT2D eigenvalue weighted by atomic mass is 32.2. The second kappa shape index (κ2) is 15.3. The molecule has 0 spiro atoms. The molecule has 3 amide bonds. The van der Waals surface area contributed by atoms with Crippen molar-refractivity contribution in [3.8, 4) is 0 Å². The lowest BCUT2D eigenvalue weighted by atomic mass is 10.2. The van der Waals surface area contributed by atoms with Gasteiger partial charge in [-0.05, 0) is 69.9 Å². The molecule has 2 aliphatic carbocycles. The van der Waals surface area contributed by atoms with Gasteiger partial charge in [-0.1, -0.05) is 44.1 Å². The molecular weight excluding hydrogens is 572 g/mol. The molecular formula is C30H46N6O6S.